The van der Waals surface area contributed by atoms with E-state index >= 15 is 0 Å². The highest BCUT2D eigenvalue weighted by Gasteiger charge is 2.26. The molecular formula is C24H24ClN5OS. The highest BCUT2D eigenvalue weighted by atomic mass is 35.5. The first-order valence-electron chi connectivity index (χ1n) is 10.8. The van der Waals surface area contributed by atoms with Gasteiger partial charge >= 0.3 is 0 Å². The zero-order valence-electron chi connectivity index (χ0n) is 17.8. The third kappa shape index (κ3) is 4.49. The predicted molar refractivity (Wildman–Crippen MR) is 129 cm³/mol. The lowest BCUT2D eigenvalue weighted by Gasteiger charge is -2.30. The Kier molecular flexibility index (Phi) is 5.85. The normalized spacial score (nSPS) is 14.8. The Bertz CT molecular complexity index is 1210. The van der Waals surface area contributed by atoms with Gasteiger partial charge < -0.3 is 10.2 Å². The molecule has 0 radical (unpaired) electrons. The van der Waals surface area contributed by atoms with Crippen LogP contribution < -0.4 is 10.2 Å². The number of carbonyl (C=O) groups is 1. The molecule has 4 aromatic rings. The van der Waals surface area contributed by atoms with Crippen molar-refractivity contribution >= 4 is 38.9 Å². The largest absolute Gasteiger partial charge is 0.352 e. The molecule has 8 heteroatoms. The van der Waals surface area contributed by atoms with Crippen molar-refractivity contribution in [1.82, 2.24) is 19.9 Å². The van der Waals surface area contributed by atoms with Crippen LogP contribution in [0.15, 0.2) is 54.7 Å². The van der Waals surface area contributed by atoms with E-state index in [9.17, 15) is 4.79 Å². The Balaban J connectivity index is 1.18. The molecule has 6 nitrogen and oxygen atoms in total. The minimum Gasteiger partial charge on any atom is -0.352 e. The van der Waals surface area contributed by atoms with E-state index in [4.69, 9.17) is 21.7 Å². The molecule has 0 spiro atoms. The summed E-state index contributed by atoms with van der Waals surface area (Å²) in [5.41, 5.74) is 4.28. The Morgan fingerprint density at radius 3 is 2.69 bits per heavy atom. The fourth-order valence-corrected chi connectivity index (χ4v) is 5.14. The van der Waals surface area contributed by atoms with Crippen LogP contribution in [0.1, 0.15) is 24.0 Å². The number of halogens is 1. The van der Waals surface area contributed by atoms with Gasteiger partial charge in [-0.2, -0.15) is 0 Å². The summed E-state index contributed by atoms with van der Waals surface area (Å²) in [5.74, 6) is 0.143. The number of nitrogens with zero attached hydrogens (tertiary/aromatic N) is 4. The van der Waals surface area contributed by atoms with Crippen LogP contribution in [0, 0.1) is 12.8 Å². The maximum atomic E-state index is 12.6. The summed E-state index contributed by atoms with van der Waals surface area (Å²) in [5, 5.41) is 9.43. The van der Waals surface area contributed by atoms with Crippen LogP contribution in [0.5, 0.6) is 0 Å². The number of amides is 1. The zero-order valence-corrected chi connectivity index (χ0v) is 19.4. The lowest BCUT2D eigenvalue weighted by molar-refractivity contribution is -0.125. The Morgan fingerprint density at radius 2 is 1.97 bits per heavy atom. The van der Waals surface area contributed by atoms with E-state index in [1.54, 1.807) is 11.3 Å². The number of benzene rings is 2. The lowest BCUT2D eigenvalue weighted by atomic mass is 9.96. The molecule has 0 aliphatic carbocycles. The maximum Gasteiger partial charge on any atom is 0.223 e. The van der Waals surface area contributed by atoms with E-state index in [0.29, 0.717) is 11.6 Å². The van der Waals surface area contributed by atoms with Crippen molar-refractivity contribution < 1.29 is 4.79 Å². The van der Waals surface area contributed by atoms with Crippen LogP contribution in [0.25, 0.3) is 16.2 Å². The van der Waals surface area contributed by atoms with Crippen LogP contribution in [-0.4, -0.2) is 33.6 Å². The Hall–Kier alpha value is -2.90. The van der Waals surface area contributed by atoms with Crippen LogP contribution in [0.3, 0.4) is 0 Å². The highest BCUT2D eigenvalue weighted by Crippen LogP contribution is 2.30. The number of rotatable bonds is 5. The smallest absolute Gasteiger partial charge is 0.223 e. The molecule has 1 N–H and O–H groups in total. The molecule has 0 saturated carbocycles. The van der Waals surface area contributed by atoms with Crippen molar-refractivity contribution in [2.24, 2.45) is 5.92 Å². The molecule has 32 heavy (non-hydrogen) atoms. The van der Waals surface area contributed by atoms with E-state index in [0.717, 1.165) is 52.8 Å². The summed E-state index contributed by atoms with van der Waals surface area (Å²) < 4.78 is 1.86. The number of hydrogen-bond donors (Lipinski definition) is 1. The summed E-state index contributed by atoms with van der Waals surface area (Å²) in [6.45, 7) is 4.22. The van der Waals surface area contributed by atoms with Gasteiger partial charge in [-0.05, 0) is 37.5 Å². The fourth-order valence-electron chi connectivity index (χ4n) is 3.99. The molecule has 0 atom stereocenters. The van der Waals surface area contributed by atoms with Gasteiger partial charge in [-0.1, -0.05) is 64.9 Å². The van der Waals surface area contributed by atoms with Gasteiger partial charge in [-0.3, -0.25) is 4.79 Å². The van der Waals surface area contributed by atoms with E-state index in [-0.39, 0.29) is 11.8 Å². The Labute approximate surface area is 195 Å². The van der Waals surface area contributed by atoms with Crippen molar-refractivity contribution in [3.05, 3.63) is 70.9 Å². The second kappa shape index (κ2) is 8.92. The molecule has 1 amide bonds. The number of imidazole rings is 1. The average molecular weight is 466 g/mol. The SMILES string of the molecule is Cc1ccc(-c2cn3nc(N4CCC(C(=O)NCc5cccc(Cl)c5)CC4)sc3n2)cc1. The second-order valence-corrected chi connectivity index (χ2v) is 9.58. The van der Waals surface area contributed by atoms with Crippen LogP contribution in [-0.2, 0) is 11.3 Å². The molecular weight excluding hydrogens is 442 g/mol. The molecule has 3 heterocycles. The van der Waals surface area contributed by atoms with Crippen molar-refractivity contribution in [2.45, 2.75) is 26.3 Å². The van der Waals surface area contributed by atoms with Gasteiger partial charge in [0.2, 0.25) is 16.0 Å². The van der Waals surface area contributed by atoms with Crippen molar-refractivity contribution in [2.75, 3.05) is 18.0 Å². The summed E-state index contributed by atoms with van der Waals surface area (Å²) in [6, 6.07) is 16.0. The molecule has 1 fully saturated rings. The molecule has 0 bridgehead atoms. The quantitative estimate of drug-likeness (QED) is 0.453. The monoisotopic (exact) mass is 465 g/mol. The van der Waals surface area contributed by atoms with Gasteiger partial charge in [0, 0.05) is 36.1 Å². The zero-order chi connectivity index (χ0) is 22.1. The first-order valence-corrected chi connectivity index (χ1v) is 11.9. The summed E-state index contributed by atoms with van der Waals surface area (Å²) >= 11 is 7.61. The Morgan fingerprint density at radius 1 is 1.19 bits per heavy atom. The summed E-state index contributed by atoms with van der Waals surface area (Å²) in [7, 11) is 0. The van der Waals surface area contributed by atoms with Crippen LogP contribution >= 0.6 is 22.9 Å². The molecule has 1 aliphatic rings. The molecule has 2 aromatic heterocycles. The first-order chi connectivity index (χ1) is 15.5. The topological polar surface area (TPSA) is 62.5 Å². The lowest BCUT2D eigenvalue weighted by Crippen LogP contribution is -2.40. The molecule has 1 aliphatic heterocycles. The highest BCUT2D eigenvalue weighted by molar-refractivity contribution is 7.20. The van der Waals surface area contributed by atoms with Crippen LogP contribution in [0.2, 0.25) is 5.02 Å². The number of aromatic nitrogens is 3. The predicted octanol–water partition coefficient (Wildman–Crippen LogP) is 4.95. The first kappa shape index (κ1) is 21.0. The van der Waals surface area contributed by atoms with Gasteiger partial charge in [0.05, 0.1) is 11.9 Å². The molecule has 1 saturated heterocycles. The fraction of sp³-hybridized carbons (Fsp3) is 0.292. The van der Waals surface area contributed by atoms with Gasteiger partial charge in [-0.25, -0.2) is 9.50 Å². The summed E-state index contributed by atoms with van der Waals surface area (Å²) in [4.78, 5) is 20.5. The average Bonchev–Trinajstić information content (AvgIpc) is 3.38. The van der Waals surface area contributed by atoms with Crippen LogP contribution in [0.4, 0.5) is 5.13 Å². The molecule has 0 unspecified atom stereocenters. The molecule has 5 rings (SSSR count). The van der Waals surface area contributed by atoms with Gasteiger partial charge in [0.25, 0.3) is 0 Å². The number of aryl methyl sites for hydroxylation is 1. The number of hydrogen-bond acceptors (Lipinski definition) is 5. The molecule has 164 valence electrons. The minimum atomic E-state index is 0.0302. The number of nitrogens with one attached hydrogen (secondary N) is 1. The van der Waals surface area contributed by atoms with Gasteiger partial charge in [0.15, 0.2) is 0 Å². The van der Waals surface area contributed by atoms with Gasteiger partial charge in [-0.15, -0.1) is 5.10 Å². The number of carbonyl (C=O) groups excluding carboxylic acids is 1. The van der Waals surface area contributed by atoms with Gasteiger partial charge in [0.1, 0.15) is 0 Å². The molecule has 2 aromatic carbocycles. The van der Waals surface area contributed by atoms with Crippen molar-refractivity contribution in [3.8, 4) is 11.3 Å². The third-order valence-electron chi connectivity index (χ3n) is 5.87. The van der Waals surface area contributed by atoms with E-state index in [1.165, 1.54) is 5.56 Å². The van der Waals surface area contributed by atoms with Crippen molar-refractivity contribution in [3.63, 3.8) is 0 Å². The van der Waals surface area contributed by atoms with E-state index in [1.807, 2.05) is 35.0 Å². The standard InChI is InChI=1S/C24H24ClN5OS/c1-16-5-7-18(8-6-16)21-15-30-23(27-21)32-24(28-30)29-11-9-19(10-12-29)22(31)26-14-17-3-2-4-20(25)13-17/h2-8,13,15,19H,9-12,14H2,1H3,(H,26,31). The number of fused-ring (bicyclic) bond motifs is 1. The third-order valence-corrected chi connectivity index (χ3v) is 7.09. The van der Waals surface area contributed by atoms with Crippen molar-refractivity contribution in [1.29, 1.82) is 0 Å². The second-order valence-electron chi connectivity index (χ2n) is 8.21. The number of anilines is 1. The maximum absolute atomic E-state index is 12.6. The number of piperidine rings is 1. The summed E-state index contributed by atoms with van der Waals surface area (Å²) in [6.07, 6.45) is 3.62. The van der Waals surface area contributed by atoms with E-state index in [2.05, 4.69) is 41.4 Å². The minimum absolute atomic E-state index is 0.0302. The van der Waals surface area contributed by atoms with E-state index < -0.39 is 0 Å².